The predicted molar refractivity (Wildman–Crippen MR) is 73.8 cm³/mol. The van der Waals surface area contributed by atoms with E-state index in [1.54, 1.807) is 7.11 Å². The van der Waals surface area contributed by atoms with E-state index in [1.807, 2.05) is 18.2 Å². The highest BCUT2D eigenvalue weighted by Crippen LogP contribution is 2.32. The van der Waals surface area contributed by atoms with Gasteiger partial charge in [0.1, 0.15) is 5.75 Å². The molecule has 1 heterocycles. The van der Waals surface area contributed by atoms with Crippen molar-refractivity contribution in [1.29, 1.82) is 0 Å². The molecule has 0 bridgehead atoms. The van der Waals surface area contributed by atoms with Crippen molar-refractivity contribution >= 4 is 5.96 Å². The van der Waals surface area contributed by atoms with E-state index in [0.29, 0.717) is 18.4 Å². The van der Waals surface area contributed by atoms with Gasteiger partial charge in [0.15, 0.2) is 5.96 Å². The summed E-state index contributed by atoms with van der Waals surface area (Å²) in [4.78, 5) is 6.54. The summed E-state index contributed by atoms with van der Waals surface area (Å²) in [5.74, 6) is 2.09. The van der Waals surface area contributed by atoms with Crippen molar-refractivity contribution in [3.05, 3.63) is 29.8 Å². The van der Waals surface area contributed by atoms with Crippen LogP contribution in [0.25, 0.3) is 0 Å². The Balaban J connectivity index is 2.27. The Morgan fingerprint density at radius 1 is 1.44 bits per heavy atom. The van der Waals surface area contributed by atoms with E-state index in [2.05, 4.69) is 29.8 Å². The first-order valence-electron chi connectivity index (χ1n) is 6.33. The number of aliphatic imine (C=N–C) groups is 1. The lowest BCUT2D eigenvalue weighted by Crippen LogP contribution is -2.38. The molecule has 1 aromatic carbocycles. The number of benzene rings is 1. The summed E-state index contributed by atoms with van der Waals surface area (Å²) in [5, 5.41) is 0. The van der Waals surface area contributed by atoms with Crippen LogP contribution >= 0.6 is 0 Å². The highest BCUT2D eigenvalue weighted by molar-refractivity contribution is 5.80. The lowest BCUT2D eigenvalue weighted by molar-refractivity contribution is 0.300. The summed E-state index contributed by atoms with van der Waals surface area (Å²) >= 11 is 0. The van der Waals surface area contributed by atoms with Gasteiger partial charge in [-0.05, 0) is 12.0 Å². The molecule has 2 rings (SSSR count). The molecule has 0 amide bonds. The average molecular weight is 247 g/mol. The van der Waals surface area contributed by atoms with Gasteiger partial charge in [-0.3, -0.25) is 4.99 Å². The highest BCUT2D eigenvalue weighted by atomic mass is 16.5. The molecule has 0 radical (unpaired) electrons. The zero-order valence-electron chi connectivity index (χ0n) is 11.3. The lowest BCUT2D eigenvalue weighted by Gasteiger charge is -2.29. The molecule has 1 aromatic rings. The van der Waals surface area contributed by atoms with Gasteiger partial charge in [-0.25, -0.2) is 0 Å². The van der Waals surface area contributed by atoms with E-state index in [1.165, 1.54) is 0 Å². The predicted octanol–water partition coefficient (Wildman–Crippen LogP) is 2.02. The second-order valence-electron chi connectivity index (χ2n) is 5.00. The Morgan fingerprint density at radius 2 is 2.17 bits per heavy atom. The summed E-state index contributed by atoms with van der Waals surface area (Å²) in [6, 6.07) is 8.28. The lowest BCUT2D eigenvalue weighted by atomic mass is 10.0. The van der Waals surface area contributed by atoms with Crippen LogP contribution in [-0.2, 0) is 0 Å². The number of guanidine groups is 1. The number of hydrogen-bond acceptors (Lipinski definition) is 4. The molecular weight excluding hydrogens is 226 g/mol. The molecule has 1 aliphatic heterocycles. The largest absolute Gasteiger partial charge is 0.496 e. The Morgan fingerprint density at radius 3 is 2.83 bits per heavy atom. The van der Waals surface area contributed by atoms with E-state index in [-0.39, 0.29) is 6.04 Å². The third-order valence-corrected chi connectivity index (χ3v) is 3.16. The molecule has 0 aliphatic carbocycles. The van der Waals surface area contributed by atoms with Crippen LogP contribution in [-0.4, -0.2) is 31.1 Å². The molecule has 0 spiro atoms. The normalized spacial score (nSPS) is 19.2. The van der Waals surface area contributed by atoms with E-state index < -0.39 is 0 Å². The van der Waals surface area contributed by atoms with Gasteiger partial charge in [-0.15, -0.1) is 0 Å². The molecule has 0 saturated heterocycles. The first kappa shape index (κ1) is 12.7. The molecule has 4 nitrogen and oxygen atoms in total. The van der Waals surface area contributed by atoms with E-state index in [4.69, 9.17) is 10.5 Å². The van der Waals surface area contributed by atoms with E-state index >= 15 is 0 Å². The molecule has 0 saturated carbocycles. The van der Waals surface area contributed by atoms with Crippen LogP contribution < -0.4 is 10.5 Å². The van der Waals surface area contributed by atoms with Crippen molar-refractivity contribution in [1.82, 2.24) is 4.90 Å². The Labute approximate surface area is 108 Å². The summed E-state index contributed by atoms with van der Waals surface area (Å²) in [6.07, 6.45) is 0. The van der Waals surface area contributed by atoms with Crippen LogP contribution in [0.3, 0.4) is 0 Å². The number of nitrogens with zero attached hydrogens (tertiary/aromatic N) is 2. The number of para-hydroxylation sites is 1. The number of rotatable bonds is 4. The molecule has 1 unspecified atom stereocenters. The quantitative estimate of drug-likeness (QED) is 0.885. The summed E-state index contributed by atoms with van der Waals surface area (Å²) < 4.78 is 5.43. The van der Waals surface area contributed by atoms with E-state index in [9.17, 15) is 0 Å². The van der Waals surface area contributed by atoms with Crippen LogP contribution in [0.15, 0.2) is 29.3 Å². The van der Waals surface area contributed by atoms with Gasteiger partial charge in [0.25, 0.3) is 0 Å². The maximum atomic E-state index is 5.98. The molecular formula is C14H21N3O. The maximum absolute atomic E-state index is 5.98. The molecule has 98 valence electrons. The van der Waals surface area contributed by atoms with Crippen molar-refractivity contribution in [2.45, 2.75) is 19.9 Å². The van der Waals surface area contributed by atoms with E-state index in [0.717, 1.165) is 17.9 Å². The summed E-state index contributed by atoms with van der Waals surface area (Å²) in [5.41, 5.74) is 7.14. The Hall–Kier alpha value is -1.71. The van der Waals surface area contributed by atoms with Gasteiger partial charge >= 0.3 is 0 Å². The van der Waals surface area contributed by atoms with Gasteiger partial charge in [-0.1, -0.05) is 32.0 Å². The second kappa shape index (κ2) is 5.29. The Kier molecular flexibility index (Phi) is 3.75. The maximum Gasteiger partial charge on any atom is 0.191 e. The van der Waals surface area contributed by atoms with Crippen LogP contribution in [0.5, 0.6) is 5.75 Å². The second-order valence-corrected chi connectivity index (χ2v) is 5.00. The van der Waals surface area contributed by atoms with Crippen molar-refractivity contribution in [3.63, 3.8) is 0 Å². The zero-order valence-corrected chi connectivity index (χ0v) is 11.3. The first-order valence-corrected chi connectivity index (χ1v) is 6.33. The van der Waals surface area contributed by atoms with Gasteiger partial charge in [-0.2, -0.15) is 0 Å². The zero-order chi connectivity index (χ0) is 13.1. The number of nitrogens with two attached hydrogens (primary N) is 1. The van der Waals surface area contributed by atoms with Crippen molar-refractivity contribution in [2.24, 2.45) is 16.6 Å². The van der Waals surface area contributed by atoms with Gasteiger partial charge < -0.3 is 15.4 Å². The van der Waals surface area contributed by atoms with Gasteiger partial charge in [0.2, 0.25) is 0 Å². The Bertz CT molecular complexity index is 442. The van der Waals surface area contributed by atoms with Gasteiger partial charge in [0, 0.05) is 12.1 Å². The molecule has 1 aliphatic rings. The minimum Gasteiger partial charge on any atom is -0.496 e. The number of methoxy groups -OCH3 is 1. The average Bonchev–Trinajstić information content (AvgIpc) is 2.70. The first-order chi connectivity index (χ1) is 8.63. The highest BCUT2D eigenvalue weighted by Gasteiger charge is 2.29. The summed E-state index contributed by atoms with van der Waals surface area (Å²) in [6.45, 7) is 5.99. The number of ether oxygens (including phenoxy) is 1. The topological polar surface area (TPSA) is 50.9 Å². The number of hydrogen-bond donors (Lipinski definition) is 1. The third kappa shape index (κ3) is 2.42. The van der Waals surface area contributed by atoms with Crippen LogP contribution in [0.2, 0.25) is 0 Å². The monoisotopic (exact) mass is 247 g/mol. The van der Waals surface area contributed by atoms with Crippen LogP contribution in [0, 0.1) is 5.92 Å². The fourth-order valence-electron chi connectivity index (χ4n) is 2.35. The van der Waals surface area contributed by atoms with Crippen LogP contribution in [0.1, 0.15) is 25.5 Å². The minimum atomic E-state index is 0.198. The minimum absolute atomic E-state index is 0.198. The molecule has 1 atom stereocenters. The van der Waals surface area contributed by atoms with Gasteiger partial charge in [0.05, 0.1) is 19.7 Å². The summed E-state index contributed by atoms with van der Waals surface area (Å²) in [7, 11) is 1.70. The van der Waals surface area contributed by atoms with Crippen molar-refractivity contribution < 1.29 is 4.74 Å². The fraction of sp³-hybridized carbons (Fsp3) is 0.500. The third-order valence-electron chi connectivity index (χ3n) is 3.16. The smallest absolute Gasteiger partial charge is 0.191 e. The van der Waals surface area contributed by atoms with Crippen molar-refractivity contribution in [2.75, 3.05) is 20.2 Å². The SMILES string of the molecule is COc1ccccc1C1CN=C(N)N1CC(C)C. The molecule has 2 N–H and O–H groups in total. The van der Waals surface area contributed by atoms with Crippen LogP contribution in [0.4, 0.5) is 0 Å². The molecule has 0 aromatic heterocycles. The van der Waals surface area contributed by atoms with Crippen molar-refractivity contribution in [3.8, 4) is 5.75 Å². The molecule has 4 heteroatoms. The molecule has 18 heavy (non-hydrogen) atoms. The fourth-order valence-corrected chi connectivity index (χ4v) is 2.35. The molecule has 0 fully saturated rings. The standard InChI is InChI=1S/C14H21N3O/c1-10(2)9-17-12(8-16-14(17)15)11-6-4-5-7-13(11)18-3/h4-7,10,12H,8-9H2,1-3H3,(H2,15,16).